The van der Waals surface area contributed by atoms with E-state index in [2.05, 4.69) is 96.9 Å². The van der Waals surface area contributed by atoms with Crippen LogP contribution in [-0.2, 0) is 26.2 Å². The third kappa shape index (κ3) is 3.55. The lowest BCUT2D eigenvalue weighted by Crippen LogP contribution is -2.31. The lowest BCUT2D eigenvalue weighted by atomic mass is 10.1. The van der Waals surface area contributed by atoms with Crippen LogP contribution in [-0.4, -0.2) is 42.5 Å². The van der Waals surface area contributed by atoms with Crippen molar-refractivity contribution in [3.05, 3.63) is 95.6 Å². The van der Waals surface area contributed by atoms with Crippen molar-refractivity contribution in [2.24, 2.45) is 5.92 Å². The molecule has 0 aliphatic carbocycles. The maximum absolute atomic E-state index is 4.63. The molecular weight excluding hydrogens is 396 g/mol. The predicted octanol–water partition coefficient (Wildman–Crippen LogP) is 4.03. The molecular formula is C26H28N6. The average Bonchev–Trinajstić information content (AvgIpc) is 3.56. The predicted molar refractivity (Wildman–Crippen MR) is 125 cm³/mol. The Bertz CT molecular complexity index is 1110. The van der Waals surface area contributed by atoms with E-state index >= 15 is 0 Å². The molecule has 0 N–H and O–H groups in total. The molecule has 2 aromatic carbocycles. The maximum Gasteiger partial charge on any atom is 0.0649 e. The maximum atomic E-state index is 4.63. The van der Waals surface area contributed by atoms with E-state index in [1.165, 1.54) is 22.5 Å². The number of nitrogens with zero attached hydrogens (tertiary/aromatic N) is 6. The zero-order chi connectivity index (χ0) is 21.5. The highest BCUT2D eigenvalue weighted by Crippen LogP contribution is 2.28. The first kappa shape index (κ1) is 19.5. The summed E-state index contributed by atoms with van der Waals surface area (Å²) in [5.41, 5.74) is 7.67. The van der Waals surface area contributed by atoms with E-state index < -0.39 is 0 Å². The Morgan fingerprint density at radius 1 is 0.656 bits per heavy atom. The summed E-state index contributed by atoms with van der Waals surface area (Å²) in [4.78, 5) is 5.12. The number of fused-ring (bicyclic) bond motifs is 2. The van der Waals surface area contributed by atoms with Gasteiger partial charge in [0.15, 0.2) is 0 Å². The molecule has 2 aromatic heterocycles. The van der Waals surface area contributed by atoms with Gasteiger partial charge in [-0.15, -0.1) is 0 Å². The normalized spacial score (nSPS) is 16.1. The summed E-state index contributed by atoms with van der Waals surface area (Å²) in [6.45, 7) is 8.50. The lowest BCUT2D eigenvalue weighted by molar-refractivity contribution is 0.181. The first-order valence-corrected chi connectivity index (χ1v) is 11.4. The first-order valence-electron chi connectivity index (χ1n) is 11.4. The molecule has 0 unspecified atom stereocenters. The van der Waals surface area contributed by atoms with E-state index in [9.17, 15) is 0 Å². The van der Waals surface area contributed by atoms with Crippen LogP contribution in [0.2, 0.25) is 0 Å². The monoisotopic (exact) mass is 424 g/mol. The van der Waals surface area contributed by atoms with Gasteiger partial charge in [0.1, 0.15) is 0 Å². The Morgan fingerprint density at radius 3 is 1.53 bits per heavy atom. The van der Waals surface area contributed by atoms with Crippen LogP contribution in [0.5, 0.6) is 0 Å². The van der Waals surface area contributed by atoms with E-state index in [0.29, 0.717) is 5.92 Å². The van der Waals surface area contributed by atoms with Gasteiger partial charge < -0.3 is 0 Å². The van der Waals surface area contributed by atoms with Gasteiger partial charge in [0, 0.05) is 50.4 Å². The number of hydrogen-bond donors (Lipinski definition) is 0. The van der Waals surface area contributed by atoms with Gasteiger partial charge in [-0.1, -0.05) is 43.3 Å². The second kappa shape index (κ2) is 8.04. The molecule has 0 fully saturated rings. The highest BCUT2D eigenvalue weighted by Gasteiger charge is 2.28. The molecule has 0 bridgehead atoms. The number of aromatic nitrogens is 4. The molecule has 6 heteroatoms. The summed E-state index contributed by atoms with van der Waals surface area (Å²) < 4.78 is 4.21. The molecule has 4 heterocycles. The Labute approximate surface area is 188 Å². The Morgan fingerprint density at radius 2 is 1.09 bits per heavy atom. The molecule has 0 amide bonds. The minimum Gasteiger partial charge on any atom is -0.293 e. The lowest BCUT2D eigenvalue weighted by Gasteiger charge is -2.25. The van der Waals surface area contributed by atoms with Gasteiger partial charge in [-0.25, -0.2) is 9.36 Å². The summed E-state index contributed by atoms with van der Waals surface area (Å²) in [7, 11) is 0. The van der Waals surface area contributed by atoms with Crippen LogP contribution in [0, 0.1) is 5.92 Å². The molecule has 162 valence electrons. The molecule has 0 radical (unpaired) electrons. The molecule has 0 saturated carbocycles. The molecule has 4 aromatic rings. The third-order valence-corrected chi connectivity index (χ3v) is 6.59. The van der Waals surface area contributed by atoms with Crippen molar-refractivity contribution < 1.29 is 0 Å². The Kier molecular flexibility index (Phi) is 4.89. The smallest absolute Gasteiger partial charge is 0.0649 e. The van der Waals surface area contributed by atoms with Crippen LogP contribution < -0.4 is 0 Å². The van der Waals surface area contributed by atoms with E-state index in [-0.39, 0.29) is 0 Å². The molecule has 0 saturated heterocycles. The topological polar surface area (TPSA) is 42.1 Å². The van der Waals surface area contributed by atoms with Crippen molar-refractivity contribution in [3.8, 4) is 11.4 Å². The zero-order valence-corrected chi connectivity index (χ0v) is 18.4. The Balaban J connectivity index is 1.07. The van der Waals surface area contributed by atoms with Gasteiger partial charge in [-0.2, -0.15) is 10.2 Å². The van der Waals surface area contributed by atoms with Crippen molar-refractivity contribution in [1.29, 1.82) is 0 Å². The van der Waals surface area contributed by atoms with Gasteiger partial charge >= 0.3 is 0 Å². The summed E-state index contributed by atoms with van der Waals surface area (Å²) in [5.74, 6) is 0.597. The molecule has 32 heavy (non-hydrogen) atoms. The first-order chi connectivity index (χ1) is 15.7. The van der Waals surface area contributed by atoms with Crippen molar-refractivity contribution >= 4 is 0 Å². The largest absolute Gasteiger partial charge is 0.293 e. The van der Waals surface area contributed by atoms with Crippen LogP contribution in [0.4, 0.5) is 0 Å². The Hall–Kier alpha value is -3.22. The van der Waals surface area contributed by atoms with Crippen LogP contribution in [0.3, 0.4) is 0 Å². The quantitative estimate of drug-likeness (QED) is 0.469. The van der Waals surface area contributed by atoms with Crippen molar-refractivity contribution in [1.82, 2.24) is 29.4 Å². The van der Waals surface area contributed by atoms with Crippen LogP contribution in [0.25, 0.3) is 11.4 Å². The summed E-state index contributed by atoms with van der Waals surface area (Å²) in [6.07, 6.45) is 4.08. The van der Waals surface area contributed by atoms with Gasteiger partial charge in [-0.3, -0.25) is 9.80 Å². The highest BCUT2D eigenvalue weighted by atomic mass is 15.3. The molecule has 2 aliphatic rings. The van der Waals surface area contributed by atoms with Gasteiger partial charge in [-0.05, 0) is 30.2 Å². The minimum absolute atomic E-state index is 0.597. The van der Waals surface area contributed by atoms with E-state index in [4.69, 9.17) is 0 Å². The highest BCUT2D eigenvalue weighted by molar-refractivity contribution is 5.37. The van der Waals surface area contributed by atoms with Gasteiger partial charge in [0.25, 0.3) is 0 Å². The third-order valence-electron chi connectivity index (χ3n) is 6.59. The van der Waals surface area contributed by atoms with E-state index in [1.54, 1.807) is 0 Å². The average molecular weight is 425 g/mol. The standard InChI is InChI=1S/C26H28N6/c1-20(14-29-16-21-12-27-31(25(21)18-29)23-8-4-2-5-9-23)15-30-17-22-13-28-32(26(22)19-30)24-10-6-3-7-11-24/h2-13,20H,14-19H2,1H3. The van der Waals surface area contributed by atoms with Crippen LogP contribution in [0.15, 0.2) is 73.1 Å². The molecule has 0 atom stereocenters. The van der Waals surface area contributed by atoms with Gasteiger partial charge in [0.2, 0.25) is 0 Å². The molecule has 6 rings (SSSR count). The number of rotatable bonds is 6. The SMILES string of the molecule is CC(CN1Cc2cnn(-c3ccccc3)c2C1)CN1Cc2cnn(-c3ccccc3)c2C1. The summed E-state index contributed by atoms with van der Waals surface area (Å²) >= 11 is 0. The fourth-order valence-corrected chi connectivity index (χ4v) is 5.21. The second-order valence-corrected chi connectivity index (χ2v) is 9.17. The molecule has 6 nitrogen and oxygen atoms in total. The number of para-hydroxylation sites is 2. The van der Waals surface area contributed by atoms with Gasteiger partial charge in [0.05, 0.1) is 35.2 Å². The summed E-state index contributed by atoms with van der Waals surface area (Å²) in [6, 6.07) is 20.9. The van der Waals surface area contributed by atoms with Crippen molar-refractivity contribution in [2.45, 2.75) is 33.1 Å². The fraction of sp³-hybridized carbons (Fsp3) is 0.308. The van der Waals surface area contributed by atoms with E-state index in [1.807, 2.05) is 12.4 Å². The molecule has 2 aliphatic heterocycles. The van der Waals surface area contributed by atoms with Crippen LogP contribution >= 0.6 is 0 Å². The summed E-state index contributed by atoms with van der Waals surface area (Å²) in [5, 5.41) is 9.26. The van der Waals surface area contributed by atoms with E-state index in [0.717, 1.165) is 50.6 Å². The minimum atomic E-state index is 0.597. The van der Waals surface area contributed by atoms with Crippen LogP contribution in [0.1, 0.15) is 29.4 Å². The zero-order valence-electron chi connectivity index (χ0n) is 18.4. The number of hydrogen-bond acceptors (Lipinski definition) is 4. The number of benzene rings is 2. The van der Waals surface area contributed by atoms with Crippen molar-refractivity contribution in [2.75, 3.05) is 13.1 Å². The second-order valence-electron chi connectivity index (χ2n) is 9.17. The van der Waals surface area contributed by atoms with Crippen molar-refractivity contribution in [3.63, 3.8) is 0 Å². The molecule has 0 spiro atoms. The fourth-order valence-electron chi connectivity index (χ4n) is 5.21.